The summed E-state index contributed by atoms with van der Waals surface area (Å²) in [5, 5.41) is 14.4. The van der Waals surface area contributed by atoms with Crippen molar-refractivity contribution in [3.05, 3.63) is 11.8 Å². The fourth-order valence-electron chi connectivity index (χ4n) is 0.834. The topological polar surface area (TPSA) is 84.6 Å². The number of rotatable bonds is 5. The van der Waals surface area contributed by atoms with E-state index in [2.05, 4.69) is 10.5 Å². The normalized spacial score (nSPS) is 10.1. The van der Waals surface area contributed by atoms with Crippen LogP contribution in [0.5, 0.6) is 0 Å². The summed E-state index contributed by atoms with van der Waals surface area (Å²) in [5.41, 5.74) is 0. The minimum Gasteiger partial charge on any atom is -0.394 e. The number of aromatic nitrogens is 1. The molecule has 0 bridgehead atoms. The first kappa shape index (κ1) is 10.7. The van der Waals surface area contributed by atoms with Gasteiger partial charge in [-0.3, -0.25) is 4.79 Å². The Morgan fingerprint density at radius 2 is 2.57 bits per heavy atom. The molecule has 0 aromatic carbocycles. The molecule has 0 aliphatic carbocycles. The first-order valence-corrected chi connectivity index (χ1v) is 4.14. The number of carbonyl (C=O) groups is 1. The van der Waals surface area contributed by atoms with Crippen LogP contribution in [0.1, 0.15) is 5.76 Å². The maximum Gasteiger partial charge on any atom is 0.251 e. The molecule has 0 fully saturated rings. The van der Waals surface area contributed by atoms with Crippen LogP contribution >= 0.6 is 0 Å². The van der Waals surface area contributed by atoms with Gasteiger partial charge in [-0.25, -0.2) is 0 Å². The van der Waals surface area contributed by atoms with Gasteiger partial charge >= 0.3 is 0 Å². The van der Waals surface area contributed by atoms with Crippen molar-refractivity contribution in [2.75, 3.05) is 25.1 Å². The van der Waals surface area contributed by atoms with E-state index in [1.54, 1.807) is 13.0 Å². The second-order valence-electron chi connectivity index (χ2n) is 2.65. The number of hydrogen-bond acceptors (Lipinski definition) is 5. The average Bonchev–Trinajstić information content (AvgIpc) is 2.52. The van der Waals surface area contributed by atoms with E-state index in [9.17, 15) is 4.79 Å². The summed E-state index contributed by atoms with van der Waals surface area (Å²) >= 11 is 0. The summed E-state index contributed by atoms with van der Waals surface area (Å²) in [4.78, 5) is 11.1. The molecular weight excluding hydrogens is 188 g/mol. The van der Waals surface area contributed by atoms with Gasteiger partial charge in [0.1, 0.15) is 12.4 Å². The van der Waals surface area contributed by atoms with Crippen LogP contribution in [0.3, 0.4) is 0 Å². The minimum atomic E-state index is -0.327. The zero-order valence-corrected chi connectivity index (χ0v) is 7.82. The Balaban J connectivity index is 2.27. The van der Waals surface area contributed by atoms with Crippen molar-refractivity contribution in [1.29, 1.82) is 0 Å². The lowest BCUT2D eigenvalue weighted by Crippen LogP contribution is -2.19. The molecule has 1 rings (SSSR count). The van der Waals surface area contributed by atoms with Gasteiger partial charge in [0.15, 0.2) is 5.82 Å². The molecule has 0 saturated carbocycles. The van der Waals surface area contributed by atoms with Gasteiger partial charge in [-0.2, -0.15) is 0 Å². The zero-order valence-electron chi connectivity index (χ0n) is 7.82. The number of aliphatic hydroxyl groups excluding tert-OH is 1. The molecule has 0 aliphatic rings. The standard InChI is InChI=1S/C8H12N2O4/c1-6-4-7(10-14-6)9-8(12)5-13-3-2-11/h4,11H,2-3,5H2,1H3,(H,9,10,12). The molecule has 6 nitrogen and oxygen atoms in total. The predicted octanol–water partition coefficient (Wildman–Crippen LogP) is -0.0696. The van der Waals surface area contributed by atoms with Crippen LogP contribution in [-0.2, 0) is 9.53 Å². The molecule has 2 N–H and O–H groups in total. The van der Waals surface area contributed by atoms with Crippen molar-refractivity contribution in [2.45, 2.75) is 6.92 Å². The molecule has 1 aromatic rings. The highest BCUT2D eigenvalue weighted by molar-refractivity contribution is 5.90. The fraction of sp³-hybridized carbons (Fsp3) is 0.500. The molecule has 6 heteroatoms. The Labute approximate surface area is 80.8 Å². The van der Waals surface area contributed by atoms with E-state index in [-0.39, 0.29) is 25.7 Å². The molecule has 0 radical (unpaired) electrons. The quantitative estimate of drug-likeness (QED) is 0.650. The summed E-state index contributed by atoms with van der Waals surface area (Å²) in [6.45, 7) is 1.67. The van der Waals surface area contributed by atoms with Crippen LogP contribution in [0, 0.1) is 6.92 Å². The highest BCUT2D eigenvalue weighted by Gasteiger charge is 2.05. The molecule has 0 aliphatic heterocycles. The van der Waals surface area contributed by atoms with E-state index >= 15 is 0 Å². The van der Waals surface area contributed by atoms with Gasteiger partial charge in [-0.1, -0.05) is 5.16 Å². The van der Waals surface area contributed by atoms with Crippen LogP contribution in [-0.4, -0.2) is 36.0 Å². The summed E-state index contributed by atoms with van der Waals surface area (Å²) in [6.07, 6.45) is 0. The summed E-state index contributed by atoms with van der Waals surface area (Å²) in [5.74, 6) is 0.656. The van der Waals surface area contributed by atoms with Crippen LogP contribution in [0.15, 0.2) is 10.6 Å². The van der Waals surface area contributed by atoms with Crippen LogP contribution in [0.4, 0.5) is 5.82 Å². The number of nitrogens with zero attached hydrogens (tertiary/aromatic N) is 1. The van der Waals surface area contributed by atoms with Gasteiger partial charge in [0.2, 0.25) is 0 Å². The lowest BCUT2D eigenvalue weighted by molar-refractivity contribution is -0.120. The van der Waals surface area contributed by atoms with E-state index in [0.29, 0.717) is 11.6 Å². The summed E-state index contributed by atoms with van der Waals surface area (Å²) < 4.78 is 9.55. The molecule has 0 unspecified atom stereocenters. The highest BCUT2D eigenvalue weighted by Crippen LogP contribution is 2.06. The molecule has 0 atom stereocenters. The number of anilines is 1. The number of hydrogen-bond donors (Lipinski definition) is 2. The van der Waals surface area contributed by atoms with Crippen molar-refractivity contribution in [2.24, 2.45) is 0 Å². The van der Waals surface area contributed by atoms with E-state index in [4.69, 9.17) is 14.4 Å². The fourth-order valence-corrected chi connectivity index (χ4v) is 0.834. The maximum atomic E-state index is 11.1. The third-order valence-electron chi connectivity index (χ3n) is 1.36. The molecule has 1 aromatic heterocycles. The van der Waals surface area contributed by atoms with E-state index in [1.807, 2.05) is 0 Å². The first-order valence-electron chi connectivity index (χ1n) is 4.14. The SMILES string of the molecule is Cc1cc(NC(=O)COCCO)no1. The Morgan fingerprint density at radius 1 is 1.79 bits per heavy atom. The third kappa shape index (κ3) is 3.55. The zero-order chi connectivity index (χ0) is 10.4. The average molecular weight is 200 g/mol. The van der Waals surface area contributed by atoms with Gasteiger partial charge in [0.05, 0.1) is 13.2 Å². The number of aryl methyl sites for hydroxylation is 1. The molecular formula is C8H12N2O4. The molecule has 14 heavy (non-hydrogen) atoms. The van der Waals surface area contributed by atoms with Gasteiger partial charge < -0.3 is 19.7 Å². The Hall–Kier alpha value is -1.40. The molecule has 0 saturated heterocycles. The summed E-state index contributed by atoms with van der Waals surface area (Å²) in [7, 11) is 0. The first-order chi connectivity index (χ1) is 6.72. The number of nitrogens with one attached hydrogen (secondary N) is 1. The number of amides is 1. The third-order valence-corrected chi connectivity index (χ3v) is 1.36. The van der Waals surface area contributed by atoms with Crippen molar-refractivity contribution in [1.82, 2.24) is 5.16 Å². The predicted molar refractivity (Wildman–Crippen MR) is 47.8 cm³/mol. The van der Waals surface area contributed by atoms with Crippen molar-refractivity contribution in [3.63, 3.8) is 0 Å². The van der Waals surface area contributed by atoms with Gasteiger partial charge in [-0.05, 0) is 6.92 Å². The number of ether oxygens (including phenoxy) is 1. The minimum absolute atomic E-state index is 0.101. The van der Waals surface area contributed by atoms with Gasteiger partial charge in [0.25, 0.3) is 5.91 Å². The van der Waals surface area contributed by atoms with E-state index in [1.165, 1.54) is 0 Å². The number of aliphatic hydroxyl groups is 1. The Bertz CT molecular complexity index is 297. The second-order valence-corrected chi connectivity index (χ2v) is 2.65. The van der Waals surface area contributed by atoms with Crippen molar-refractivity contribution >= 4 is 11.7 Å². The largest absolute Gasteiger partial charge is 0.394 e. The van der Waals surface area contributed by atoms with E-state index < -0.39 is 0 Å². The lowest BCUT2D eigenvalue weighted by atomic mass is 10.5. The second kappa shape index (κ2) is 5.36. The smallest absolute Gasteiger partial charge is 0.251 e. The van der Waals surface area contributed by atoms with E-state index in [0.717, 1.165) is 0 Å². The van der Waals surface area contributed by atoms with Gasteiger partial charge in [0, 0.05) is 6.07 Å². The monoisotopic (exact) mass is 200 g/mol. The number of carbonyl (C=O) groups excluding carboxylic acids is 1. The molecule has 0 spiro atoms. The van der Waals surface area contributed by atoms with Crippen LogP contribution in [0.2, 0.25) is 0 Å². The molecule has 1 amide bonds. The van der Waals surface area contributed by atoms with Crippen LogP contribution < -0.4 is 5.32 Å². The van der Waals surface area contributed by atoms with Crippen molar-refractivity contribution in [3.8, 4) is 0 Å². The molecule has 1 heterocycles. The lowest BCUT2D eigenvalue weighted by Gasteiger charge is -2.01. The Kier molecular flexibility index (Phi) is 4.09. The molecule has 78 valence electrons. The summed E-state index contributed by atoms with van der Waals surface area (Å²) in [6, 6.07) is 1.60. The maximum absolute atomic E-state index is 11.1. The van der Waals surface area contributed by atoms with Crippen molar-refractivity contribution < 1.29 is 19.2 Å². The Morgan fingerprint density at radius 3 is 3.14 bits per heavy atom. The van der Waals surface area contributed by atoms with Gasteiger partial charge in [-0.15, -0.1) is 0 Å². The highest BCUT2D eigenvalue weighted by atomic mass is 16.5. The van der Waals surface area contributed by atoms with Crippen LogP contribution in [0.25, 0.3) is 0 Å².